The number of benzene rings is 2. The number of morpholine rings is 1. The largest absolute Gasteiger partial charge is 0.378 e. The summed E-state index contributed by atoms with van der Waals surface area (Å²) in [7, 11) is 0. The molecule has 1 fully saturated rings. The highest BCUT2D eigenvalue weighted by molar-refractivity contribution is 5.91. The molecular weight excluding hydrogens is 411 g/mol. The van der Waals surface area contributed by atoms with Crippen LogP contribution in [0.3, 0.4) is 0 Å². The summed E-state index contributed by atoms with van der Waals surface area (Å²) in [6.07, 6.45) is 0.456. The van der Waals surface area contributed by atoms with Gasteiger partial charge in [-0.15, -0.1) is 0 Å². The number of amides is 1. The quantitative estimate of drug-likeness (QED) is 0.589. The maximum Gasteiger partial charge on any atom is 0.227 e. The van der Waals surface area contributed by atoms with Gasteiger partial charge in [-0.2, -0.15) is 4.98 Å². The van der Waals surface area contributed by atoms with E-state index in [1.165, 1.54) is 11.6 Å². The molecule has 1 N–H and O–H groups in total. The van der Waals surface area contributed by atoms with Crippen LogP contribution in [0.15, 0.2) is 47.0 Å². The average Bonchev–Trinajstić information content (AvgIpc) is 3.28. The lowest BCUT2D eigenvalue weighted by Gasteiger charge is -2.29. The molecule has 0 unspecified atom stereocenters. The van der Waals surface area contributed by atoms with Crippen LogP contribution < -0.4 is 10.2 Å². The van der Waals surface area contributed by atoms with Crippen molar-refractivity contribution < 1.29 is 18.4 Å². The number of halogens is 1. The fourth-order valence-corrected chi connectivity index (χ4v) is 3.58. The van der Waals surface area contributed by atoms with Crippen LogP contribution >= 0.6 is 0 Å². The second kappa shape index (κ2) is 9.91. The normalized spacial score (nSPS) is 14.1. The molecule has 7 nitrogen and oxygen atoms in total. The maximum atomic E-state index is 14.5. The first-order chi connectivity index (χ1) is 15.5. The van der Waals surface area contributed by atoms with Crippen molar-refractivity contribution in [1.82, 2.24) is 10.1 Å². The molecule has 0 radical (unpaired) electrons. The predicted molar refractivity (Wildman–Crippen MR) is 120 cm³/mol. The van der Waals surface area contributed by atoms with E-state index in [9.17, 15) is 9.18 Å². The van der Waals surface area contributed by atoms with E-state index < -0.39 is 0 Å². The molecule has 1 aliphatic heterocycles. The van der Waals surface area contributed by atoms with Crippen molar-refractivity contribution in [2.45, 2.75) is 32.6 Å². The third-order valence-corrected chi connectivity index (χ3v) is 5.45. The van der Waals surface area contributed by atoms with Gasteiger partial charge in [0.05, 0.1) is 18.9 Å². The zero-order valence-electron chi connectivity index (χ0n) is 18.3. The van der Waals surface area contributed by atoms with Crippen molar-refractivity contribution in [2.75, 3.05) is 36.5 Å². The summed E-state index contributed by atoms with van der Waals surface area (Å²) in [6, 6.07) is 12.8. The lowest BCUT2D eigenvalue weighted by molar-refractivity contribution is -0.116. The lowest BCUT2D eigenvalue weighted by atomic mass is 10.0. The number of aromatic nitrogens is 2. The van der Waals surface area contributed by atoms with E-state index in [2.05, 4.69) is 29.3 Å². The molecule has 0 saturated carbocycles. The molecular formula is C24H27FN4O3. The van der Waals surface area contributed by atoms with Gasteiger partial charge in [0.15, 0.2) is 0 Å². The molecule has 1 aliphatic rings. The lowest BCUT2D eigenvalue weighted by Crippen LogP contribution is -2.36. The van der Waals surface area contributed by atoms with E-state index in [0.29, 0.717) is 61.7 Å². The van der Waals surface area contributed by atoms with Crippen LogP contribution in [0.25, 0.3) is 11.4 Å². The highest BCUT2D eigenvalue weighted by Crippen LogP contribution is 2.24. The third-order valence-electron chi connectivity index (χ3n) is 5.45. The summed E-state index contributed by atoms with van der Waals surface area (Å²) >= 11 is 0. The van der Waals surface area contributed by atoms with Gasteiger partial charge >= 0.3 is 0 Å². The Morgan fingerprint density at radius 2 is 1.91 bits per heavy atom. The zero-order chi connectivity index (χ0) is 22.5. The number of nitrogens with one attached hydrogen (secondary N) is 1. The number of carbonyl (C=O) groups excluding carboxylic acids is 1. The number of hydrogen-bond donors (Lipinski definition) is 1. The molecule has 4 rings (SSSR count). The fraction of sp³-hybridized carbons (Fsp3) is 0.375. The maximum absolute atomic E-state index is 14.5. The molecule has 2 aromatic carbocycles. The summed E-state index contributed by atoms with van der Waals surface area (Å²) in [4.78, 5) is 18.6. The van der Waals surface area contributed by atoms with Crippen LogP contribution in [0.1, 0.15) is 37.6 Å². The van der Waals surface area contributed by atoms with Gasteiger partial charge in [-0.05, 0) is 29.7 Å². The monoisotopic (exact) mass is 438 g/mol. The Labute approximate surface area is 186 Å². The van der Waals surface area contributed by atoms with E-state index in [0.717, 1.165) is 5.56 Å². The Morgan fingerprint density at radius 3 is 2.59 bits per heavy atom. The molecule has 32 heavy (non-hydrogen) atoms. The Hall–Kier alpha value is -3.26. The molecule has 1 saturated heterocycles. The van der Waals surface area contributed by atoms with Crippen molar-refractivity contribution in [2.24, 2.45) is 0 Å². The number of ether oxygens (including phenoxy) is 1. The molecule has 0 atom stereocenters. The second-order valence-corrected chi connectivity index (χ2v) is 8.10. The Kier molecular flexibility index (Phi) is 6.80. The Morgan fingerprint density at radius 1 is 1.16 bits per heavy atom. The first kappa shape index (κ1) is 22.0. The molecule has 0 aliphatic carbocycles. The van der Waals surface area contributed by atoms with Crippen molar-refractivity contribution in [3.8, 4) is 11.4 Å². The minimum absolute atomic E-state index is 0.154. The number of carbonyl (C=O) groups is 1. The van der Waals surface area contributed by atoms with Gasteiger partial charge in [0, 0.05) is 37.2 Å². The SMILES string of the molecule is CC(C)c1ccc(-c2noc(CCC(=O)Nc3ccc(N4CCOCC4)c(F)c3)n2)cc1. The average molecular weight is 439 g/mol. The van der Waals surface area contributed by atoms with E-state index in [-0.39, 0.29) is 18.1 Å². The number of rotatable bonds is 7. The van der Waals surface area contributed by atoms with Gasteiger partial charge in [-0.3, -0.25) is 4.79 Å². The first-order valence-electron chi connectivity index (χ1n) is 10.8. The summed E-state index contributed by atoms with van der Waals surface area (Å²) < 4.78 is 25.1. The summed E-state index contributed by atoms with van der Waals surface area (Å²) in [5, 5.41) is 6.73. The van der Waals surface area contributed by atoms with Gasteiger partial charge in [-0.25, -0.2) is 4.39 Å². The van der Waals surface area contributed by atoms with E-state index >= 15 is 0 Å². The molecule has 3 aromatic rings. The second-order valence-electron chi connectivity index (χ2n) is 8.10. The highest BCUT2D eigenvalue weighted by atomic mass is 19.1. The van der Waals surface area contributed by atoms with Crippen LogP contribution in [-0.4, -0.2) is 42.4 Å². The van der Waals surface area contributed by atoms with Crippen molar-refractivity contribution in [1.29, 1.82) is 0 Å². The van der Waals surface area contributed by atoms with Crippen LogP contribution in [0.2, 0.25) is 0 Å². The Bertz CT molecular complexity index is 1060. The third kappa shape index (κ3) is 5.31. The molecule has 168 valence electrons. The molecule has 1 aromatic heterocycles. The number of hydrogen-bond acceptors (Lipinski definition) is 6. The summed E-state index contributed by atoms with van der Waals surface area (Å²) in [6.45, 7) is 6.74. The van der Waals surface area contributed by atoms with Crippen molar-refractivity contribution in [3.05, 3.63) is 59.7 Å². The van der Waals surface area contributed by atoms with Gasteiger partial charge < -0.3 is 19.5 Å². The molecule has 2 heterocycles. The van der Waals surface area contributed by atoms with E-state index in [1.807, 2.05) is 29.2 Å². The van der Waals surface area contributed by atoms with Crippen molar-refractivity contribution in [3.63, 3.8) is 0 Å². The predicted octanol–water partition coefficient (Wildman–Crippen LogP) is 4.41. The zero-order valence-corrected chi connectivity index (χ0v) is 18.3. The highest BCUT2D eigenvalue weighted by Gasteiger charge is 2.16. The molecule has 8 heteroatoms. The first-order valence-corrected chi connectivity index (χ1v) is 10.8. The van der Waals surface area contributed by atoms with Crippen LogP contribution in [0.5, 0.6) is 0 Å². The Balaban J connectivity index is 1.31. The van der Waals surface area contributed by atoms with Gasteiger partial charge in [0.1, 0.15) is 5.82 Å². The van der Waals surface area contributed by atoms with E-state index in [1.54, 1.807) is 12.1 Å². The minimum Gasteiger partial charge on any atom is -0.378 e. The number of nitrogens with zero attached hydrogens (tertiary/aromatic N) is 3. The number of anilines is 2. The topological polar surface area (TPSA) is 80.5 Å². The van der Waals surface area contributed by atoms with Crippen LogP contribution in [0, 0.1) is 5.82 Å². The van der Waals surface area contributed by atoms with Gasteiger partial charge in [0.25, 0.3) is 0 Å². The fourth-order valence-electron chi connectivity index (χ4n) is 3.58. The van der Waals surface area contributed by atoms with Crippen LogP contribution in [-0.2, 0) is 16.0 Å². The smallest absolute Gasteiger partial charge is 0.227 e. The van der Waals surface area contributed by atoms with Crippen LogP contribution in [0.4, 0.5) is 15.8 Å². The molecule has 1 amide bonds. The molecule has 0 bridgehead atoms. The summed E-state index contributed by atoms with van der Waals surface area (Å²) in [5.41, 5.74) is 3.04. The van der Waals surface area contributed by atoms with E-state index in [4.69, 9.17) is 9.26 Å². The number of aryl methyl sites for hydroxylation is 1. The van der Waals surface area contributed by atoms with Gasteiger partial charge in [-0.1, -0.05) is 43.3 Å². The van der Waals surface area contributed by atoms with Gasteiger partial charge in [0.2, 0.25) is 17.6 Å². The standard InChI is InChI=1S/C24H27FN4O3/c1-16(2)17-3-5-18(6-4-17)24-27-23(32-28-24)10-9-22(30)26-19-7-8-21(20(25)15-19)29-11-13-31-14-12-29/h3-8,15-16H,9-14H2,1-2H3,(H,26,30). The minimum atomic E-state index is -0.366. The van der Waals surface area contributed by atoms with Crippen molar-refractivity contribution >= 4 is 17.3 Å². The molecule has 0 spiro atoms. The summed E-state index contributed by atoms with van der Waals surface area (Å²) in [5.74, 6) is 0.722.